The van der Waals surface area contributed by atoms with Crippen LogP contribution < -0.4 is 10.2 Å². The van der Waals surface area contributed by atoms with Gasteiger partial charge in [0, 0.05) is 49.5 Å². The number of nitrogens with one attached hydrogen (secondary N) is 1. The highest BCUT2D eigenvalue weighted by molar-refractivity contribution is 6.04. The molecule has 0 spiro atoms. The third-order valence-corrected chi connectivity index (χ3v) is 5.58. The molecule has 1 N–H and O–H groups in total. The zero-order valence-electron chi connectivity index (χ0n) is 18.1. The van der Waals surface area contributed by atoms with Gasteiger partial charge in [-0.2, -0.15) is 0 Å². The fourth-order valence-corrected chi connectivity index (χ4v) is 3.48. The monoisotopic (exact) mass is 411 g/mol. The molecule has 0 radical (unpaired) electrons. The number of halogens is 1. The Morgan fingerprint density at radius 3 is 2.50 bits per heavy atom. The maximum atomic E-state index is 13.4. The van der Waals surface area contributed by atoms with Crippen molar-refractivity contribution in [3.63, 3.8) is 0 Å². The Kier molecular flexibility index (Phi) is 6.75. The molecule has 0 aromatic heterocycles. The van der Waals surface area contributed by atoms with Crippen LogP contribution in [0.1, 0.15) is 49.0 Å². The normalized spacial score (nSPS) is 14.2. The lowest BCUT2D eigenvalue weighted by Crippen LogP contribution is -2.39. The van der Waals surface area contributed by atoms with Gasteiger partial charge in [0.25, 0.3) is 5.91 Å². The van der Waals surface area contributed by atoms with Gasteiger partial charge in [-0.1, -0.05) is 13.0 Å². The third-order valence-electron chi connectivity index (χ3n) is 5.58. The van der Waals surface area contributed by atoms with E-state index in [4.69, 9.17) is 0 Å². The summed E-state index contributed by atoms with van der Waals surface area (Å²) in [6, 6.07) is 11.4. The molecular weight excluding hydrogens is 381 g/mol. The molecule has 5 nitrogen and oxygen atoms in total. The van der Waals surface area contributed by atoms with Crippen LogP contribution in [-0.2, 0) is 11.3 Å². The third kappa shape index (κ3) is 5.17. The van der Waals surface area contributed by atoms with E-state index in [1.54, 1.807) is 6.07 Å². The zero-order valence-corrected chi connectivity index (χ0v) is 18.1. The van der Waals surface area contributed by atoms with Crippen LogP contribution in [0.15, 0.2) is 42.5 Å². The van der Waals surface area contributed by atoms with Crippen LogP contribution in [0.25, 0.3) is 0 Å². The summed E-state index contributed by atoms with van der Waals surface area (Å²) in [7, 11) is 3.92. The van der Waals surface area contributed by atoms with Crippen molar-refractivity contribution in [3.05, 3.63) is 59.4 Å². The quantitative estimate of drug-likeness (QED) is 0.686. The first-order chi connectivity index (χ1) is 14.3. The van der Waals surface area contributed by atoms with E-state index in [1.807, 2.05) is 42.1 Å². The van der Waals surface area contributed by atoms with Crippen molar-refractivity contribution in [2.24, 2.45) is 5.92 Å². The molecule has 0 aliphatic heterocycles. The van der Waals surface area contributed by atoms with Crippen molar-refractivity contribution >= 4 is 23.2 Å². The molecule has 1 aliphatic rings. The van der Waals surface area contributed by atoms with Crippen LogP contribution in [0, 0.1) is 11.7 Å². The largest absolute Gasteiger partial charge is 0.377 e. The molecule has 1 aliphatic carbocycles. The molecule has 0 saturated heterocycles. The van der Waals surface area contributed by atoms with E-state index in [9.17, 15) is 14.0 Å². The minimum Gasteiger partial charge on any atom is -0.377 e. The number of carbonyl (C=O) groups excluding carboxylic acids is 2. The second-order valence-corrected chi connectivity index (χ2v) is 8.20. The summed E-state index contributed by atoms with van der Waals surface area (Å²) in [6.07, 6.45) is 2.82. The lowest BCUT2D eigenvalue weighted by molar-refractivity contribution is -0.135. The Balaban J connectivity index is 1.86. The predicted molar refractivity (Wildman–Crippen MR) is 118 cm³/mol. The summed E-state index contributed by atoms with van der Waals surface area (Å²) in [6.45, 7) is 4.65. The van der Waals surface area contributed by atoms with E-state index in [2.05, 4.69) is 19.2 Å². The van der Waals surface area contributed by atoms with Crippen molar-refractivity contribution in [1.29, 1.82) is 0 Å². The van der Waals surface area contributed by atoms with Crippen LogP contribution in [0.4, 0.5) is 15.8 Å². The average Bonchev–Trinajstić information content (AvgIpc) is 3.56. The van der Waals surface area contributed by atoms with Crippen LogP contribution >= 0.6 is 0 Å². The molecule has 1 saturated carbocycles. The van der Waals surface area contributed by atoms with Gasteiger partial charge in [-0.05, 0) is 68.1 Å². The number of benzene rings is 2. The van der Waals surface area contributed by atoms with Gasteiger partial charge in [0.15, 0.2) is 0 Å². The standard InChI is InChI=1S/C24H30FN3O2/c1-5-16(2)28(24(30)17-9-10-17)15-19-14-21(11-12-22(19)27(3)4)26-23(29)18-7-6-8-20(25)13-18/h6-8,11-14,16-17H,5,9-10,15H2,1-4H3,(H,26,29)/t16-/m1/s1. The average molecular weight is 412 g/mol. The van der Waals surface area contributed by atoms with Gasteiger partial charge < -0.3 is 15.1 Å². The summed E-state index contributed by atoms with van der Waals surface area (Å²) >= 11 is 0. The number of hydrogen-bond donors (Lipinski definition) is 1. The molecule has 2 amide bonds. The molecule has 0 unspecified atom stereocenters. The van der Waals surface area contributed by atoms with Crippen LogP contribution in [0.2, 0.25) is 0 Å². The lowest BCUT2D eigenvalue weighted by Gasteiger charge is -2.31. The van der Waals surface area contributed by atoms with Crippen molar-refractivity contribution in [2.45, 2.75) is 45.7 Å². The van der Waals surface area contributed by atoms with E-state index >= 15 is 0 Å². The number of carbonyl (C=O) groups is 2. The molecule has 2 aromatic rings. The van der Waals surface area contributed by atoms with Crippen molar-refractivity contribution < 1.29 is 14.0 Å². The summed E-state index contributed by atoms with van der Waals surface area (Å²) < 4.78 is 13.4. The Morgan fingerprint density at radius 2 is 1.90 bits per heavy atom. The van der Waals surface area contributed by atoms with Crippen molar-refractivity contribution in [2.75, 3.05) is 24.3 Å². The minimum atomic E-state index is -0.450. The van der Waals surface area contributed by atoms with Crippen molar-refractivity contribution in [3.8, 4) is 0 Å². The summed E-state index contributed by atoms with van der Waals surface area (Å²) in [5.74, 6) is -0.458. The molecular formula is C24H30FN3O2. The first-order valence-corrected chi connectivity index (χ1v) is 10.5. The fraction of sp³-hybridized carbons (Fsp3) is 0.417. The van der Waals surface area contributed by atoms with E-state index in [-0.39, 0.29) is 29.3 Å². The highest BCUT2D eigenvalue weighted by Gasteiger charge is 2.35. The van der Waals surface area contributed by atoms with Gasteiger partial charge >= 0.3 is 0 Å². The fourth-order valence-electron chi connectivity index (χ4n) is 3.48. The first kappa shape index (κ1) is 21.8. The molecule has 30 heavy (non-hydrogen) atoms. The maximum absolute atomic E-state index is 13.4. The number of anilines is 2. The molecule has 0 bridgehead atoms. The Hall–Kier alpha value is -2.89. The number of rotatable bonds is 8. The lowest BCUT2D eigenvalue weighted by atomic mass is 10.1. The minimum absolute atomic E-state index is 0.138. The zero-order chi connectivity index (χ0) is 21.8. The molecule has 1 atom stereocenters. The second-order valence-electron chi connectivity index (χ2n) is 8.20. The molecule has 6 heteroatoms. The molecule has 160 valence electrons. The van der Waals surface area contributed by atoms with Gasteiger partial charge in [0.05, 0.1) is 0 Å². The Labute approximate surface area is 177 Å². The van der Waals surface area contributed by atoms with E-state index in [1.165, 1.54) is 18.2 Å². The summed E-state index contributed by atoms with van der Waals surface area (Å²) in [5.41, 5.74) is 2.84. The van der Waals surface area contributed by atoms with E-state index in [0.29, 0.717) is 12.2 Å². The van der Waals surface area contributed by atoms with Gasteiger partial charge in [0.2, 0.25) is 5.91 Å². The van der Waals surface area contributed by atoms with Gasteiger partial charge in [-0.15, -0.1) is 0 Å². The first-order valence-electron chi connectivity index (χ1n) is 10.5. The van der Waals surface area contributed by atoms with Crippen LogP contribution in [-0.4, -0.2) is 36.9 Å². The van der Waals surface area contributed by atoms with Gasteiger partial charge in [0.1, 0.15) is 5.82 Å². The maximum Gasteiger partial charge on any atom is 0.255 e. The van der Waals surface area contributed by atoms with Crippen LogP contribution in [0.3, 0.4) is 0 Å². The molecule has 0 heterocycles. The van der Waals surface area contributed by atoms with Gasteiger partial charge in [-0.3, -0.25) is 9.59 Å². The Bertz CT molecular complexity index is 924. The highest BCUT2D eigenvalue weighted by Crippen LogP contribution is 2.34. The Morgan fingerprint density at radius 1 is 1.17 bits per heavy atom. The molecule has 2 aromatic carbocycles. The molecule has 1 fully saturated rings. The second kappa shape index (κ2) is 9.28. The summed E-state index contributed by atoms with van der Waals surface area (Å²) in [5, 5.41) is 2.85. The van der Waals surface area contributed by atoms with E-state index < -0.39 is 5.82 Å². The predicted octanol–water partition coefficient (Wildman–Crippen LogP) is 4.68. The SMILES string of the molecule is CC[C@@H](C)N(Cc1cc(NC(=O)c2cccc(F)c2)ccc1N(C)C)C(=O)C1CC1. The number of hydrogen-bond acceptors (Lipinski definition) is 3. The number of nitrogens with zero attached hydrogens (tertiary/aromatic N) is 2. The molecule has 3 rings (SSSR count). The van der Waals surface area contributed by atoms with Gasteiger partial charge in [-0.25, -0.2) is 4.39 Å². The smallest absolute Gasteiger partial charge is 0.255 e. The van der Waals surface area contributed by atoms with E-state index in [0.717, 1.165) is 30.5 Å². The highest BCUT2D eigenvalue weighted by atomic mass is 19.1. The van der Waals surface area contributed by atoms with Crippen molar-refractivity contribution in [1.82, 2.24) is 4.90 Å². The topological polar surface area (TPSA) is 52.7 Å². The summed E-state index contributed by atoms with van der Waals surface area (Å²) in [4.78, 5) is 29.4. The number of amides is 2. The van der Waals surface area contributed by atoms with Crippen LogP contribution in [0.5, 0.6) is 0 Å².